The van der Waals surface area contributed by atoms with Crippen molar-refractivity contribution in [2.24, 2.45) is 5.92 Å². The minimum Gasteiger partial charge on any atom is -0.508 e. The van der Waals surface area contributed by atoms with Gasteiger partial charge in [-0.05, 0) is 61.7 Å². The van der Waals surface area contributed by atoms with Crippen LogP contribution in [0, 0.1) is 12.8 Å². The molecule has 0 aromatic heterocycles. The molecule has 1 saturated heterocycles. The molecule has 0 bridgehead atoms. The second-order valence-corrected chi connectivity index (χ2v) is 10.2. The number of aryl methyl sites for hydroxylation is 1. The molecule has 4 rings (SSSR count). The van der Waals surface area contributed by atoms with E-state index in [-0.39, 0.29) is 41.0 Å². The van der Waals surface area contributed by atoms with Crippen LogP contribution < -0.4 is 15.0 Å². The summed E-state index contributed by atoms with van der Waals surface area (Å²) < 4.78 is 5.84. The summed E-state index contributed by atoms with van der Waals surface area (Å²) >= 11 is 0. The highest BCUT2D eigenvalue weighted by Crippen LogP contribution is 2.29. The van der Waals surface area contributed by atoms with E-state index >= 15 is 0 Å². The van der Waals surface area contributed by atoms with Crippen LogP contribution in [0.3, 0.4) is 0 Å². The van der Waals surface area contributed by atoms with Gasteiger partial charge in [0, 0.05) is 56.1 Å². The zero-order valence-electron chi connectivity index (χ0n) is 22.0. The molecule has 1 aliphatic heterocycles. The lowest BCUT2D eigenvalue weighted by Crippen LogP contribution is -2.56. The monoisotopic (exact) mass is 503 g/mol. The molecule has 0 unspecified atom stereocenters. The predicted molar refractivity (Wildman–Crippen MR) is 147 cm³/mol. The Labute approximate surface area is 219 Å². The van der Waals surface area contributed by atoms with Crippen molar-refractivity contribution in [3.63, 3.8) is 0 Å². The van der Waals surface area contributed by atoms with Gasteiger partial charge in [0.25, 0.3) is 5.91 Å². The van der Waals surface area contributed by atoms with Gasteiger partial charge in [0.15, 0.2) is 0 Å². The number of phenols is 2. The summed E-state index contributed by atoms with van der Waals surface area (Å²) in [6.45, 7) is 11.6. The number of carbonyl (C=O) groups excluding carboxylic acids is 1. The molecule has 1 heterocycles. The van der Waals surface area contributed by atoms with Gasteiger partial charge in [0.2, 0.25) is 0 Å². The zero-order valence-corrected chi connectivity index (χ0v) is 22.0. The van der Waals surface area contributed by atoms with E-state index in [4.69, 9.17) is 4.74 Å². The van der Waals surface area contributed by atoms with E-state index in [1.54, 1.807) is 24.3 Å². The van der Waals surface area contributed by atoms with Crippen molar-refractivity contribution < 1.29 is 19.7 Å². The molecular weight excluding hydrogens is 466 g/mol. The number of benzene rings is 3. The fourth-order valence-electron chi connectivity index (χ4n) is 4.78. The van der Waals surface area contributed by atoms with Gasteiger partial charge < -0.3 is 25.2 Å². The molecule has 7 heteroatoms. The molecule has 3 N–H and O–H groups in total. The lowest BCUT2D eigenvalue weighted by molar-refractivity contribution is 0.0900. The molecule has 1 amide bonds. The van der Waals surface area contributed by atoms with Crippen LogP contribution in [0.2, 0.25) is 0 Å². The van der Waals surface area contributed by atoms with Crippen molar-refractivity contribution in [2.75, 3.05) is 31.1 Å². The second-order valence-electron chi connectivity index (χ2n) is 10.2. The summed E-state index contributed by atoms with van der Waals surface area (Å²) in [5, 5.41) is 23.6. The Bertz CT molecular complexity index is 1230. The number of piperazine rings is 1. The summed E-state index contributed by atoms with van der Waals surface area (Å²) in [5.74, 6) is 1.22. The Balaban J connectivity index is 1.37. The van der Waals surface area contributed by atoms with Crippen LogP contribution in [0.15, 0.2) is 66.7 Å². The van der Waals surface area contributed by atoms with Gasteiger partial charge in [-0.1, -0.05) is 32.0 Å². The summed E-state index contributed by atoms with van der Waals surface area (Å²) in [6.07, 6.45) is 0. The first-order chi connectivity index (χ1) is 17.7. The number of amides is 1. The van der Waals surface area contributed by atoms with Gasteiger partial charge in [-0.15, -0.1) is 0 Å². The van der Waals surface area contributed by atoms with Crippen LogP contribution in [0.25, 0.3) is 0 Å². The van der Waals surface area contributed by atoms with E-state index < -0.39 is 0 Å². The minimum atomic E-state index is -0.301. The van der Waals surface area contributed by atoms with Gasteiger partial charge in [0.05, 0.1) is 5.56 Å². The summed E-state index contributed by atoms with van der Waals surface area (Å²) in [7, 11) is 0. The molecule has 0 spiro atoms. The molecule has 2 atom stereocenters. The summed E-state index contributed by atoms with van der Waals surface area (Å²) in [6, 6.07) is 20.0. The van der Waals surface area contributed by atoms with Gasteiger partial charge in [-0.2, -0.15) is 0 Å². The third kappa shape index (κ3) is 6.74. The minimum absolute atomic E-state index is 0.0744. The molecule has 0 aliphatic carbocycles. The quantitative estimate of drug-likeness (QED) is 0.394. The highest BCUT2D eigenvalue weighted by Gasteiger charge is 2.28. The highest BCUT2D eigenvalue weighted by molar-refractivity contribution is 5.97. The molecule has 0 saturated carbocycles. The number of rotatable bonds is 8. The van der Waals surface area contributed by atoms with E-state index in [9.17, 15) is 15.0 Å². The number of hydrogen-bond acceptors (Lipinski definition) is 6. The smallest absolute Gasteiger partial charge is 0.255 e. The number of nitrogens with zero attached hydrogens (tertiary/aromatic N) is 2. The van der Waals surface area contributed by atoms with Gasteiger partial charge in [-0.25, -0.2) is 0 Å². The Hall–Kier alpha value is -3.71. The third-order valence-corrected chi connectivity index (χ3v) is 6.89. The number of anilines is 1. The number of phenolic OH excluding ortho intramolecular Hbond substituents is 2. The van der Waals surface area contributed by atoms with Crippen LogP contribution in [0.5, 0.6) is 23.0 Å². The first kappa shape index (κ1) is 26.4. The van der Waals surface area contributed by atoms with Gasteiger partial charge in [0.1, 0.15) is 23.0 Å². The molecule has 37 heavy (non-hydrogen) atoms. The van der Waals surface area contributed by atoms with Crippen LogP contribution in [-0.2, 0) is 0 Å². The van der Waals surface area contributed by atoms with E-state index in [0.29, 0.717) is 11.5 Å². The molecule has 3 aromatic rings. The normalized spacial score (nSPS) is 17.0. The molecule has 7 nitrogen and oxygen atoms in total. The standard InChI is InChI=1S/C30H37N3O4/c1-20(2)28(19-32-13-14-33(22(4)18-32)23-8-6-9-24(34)16-23)31-30(36)27-12-11-26(17-29(27)35)37-25-10-5-7-21(3)15-25/h5-12,15-17,20,22,28,34-35H,13-14,18-19H2,1-4H3,(H,31,36)/t22-,28+/m0/s1. The van der Waals surface area contributed by atoms with E-state index in [1.165, 1.54) is 6.07 Å². The average molecular weight is 504 g/mol. The summed E-state index contributed by atoms with van der Waals surface area (Å²) in [5.41, 5.74) is 2.32. The van der Waals surface area contributed by atoms with Crippen molar-refractivity contribution in [3.05, 3.63) is 77.9 Å². The maximum absolute atomic E-state index is 13.1. The Morgan fingerprint density at radius 1 is 1.03 bits per heavy atom. The number of aromatic hydroxyl groups is 2. The number of carbonyl (C=O) groups is 1. The van der Waals surface area contributed by atoms with E-state index in [1.807, 2.05) is 43.3 Å². The lowest BCUT2D eigenvalue weighted by atomic mass is 10.0. The average Bonchev–Trinajstić information content (AvgIpc) is 2.83. The number of ether oxygens (including phenoxy) is 1. The molecule has 1 aliphatic rings. The van der Waals surface area contributed by atoms with Crippen molar-refractivity contribution in [3.8, 4) is 23.0 Å². The largest absolute Gasteiger partial charge is 0.508 e. The van der Waals surface area contributed by atoms with Crippen LogP contribution >= 0.6 is 0 Å². The van der Waals surface area contributed by atoms with Crippen molar-refractivity contribution in [2.45, 2.75) is 39.8 Å². The van der Waals surface area contributed by atoms with Gasteiger partial charge >= 0.3 is 0 Å². The van der Waals surface area contributed by atoms with E-state index in [2.05, 4.69) is 35.9 Å². The Kier molecular flexibility index (Phi) is 8.24. The van der Waals surface area contributed by atoms with Crippen molar-refractivity contribution >= 4 is 11.6 Å². The fourth-order valence-corrected chi connectivity index (χ4v) is 4.78. The zero-order chi connectivity index (χ0) is 26.5. The van der Waals surface area contributed by atoms with Gasteiger partial charge in [-0.3, -0.25) is 9.69 Å². The maximum atomic E-state index is 13.1. The van der Waals surface area contributed by atoms with Crippen LogP contribution in [0.1, 0.15) is 36.7 Å². The van der Waals surface area contributed by atoms with Crippen molar-refractivity contribution in [1.82, 2.24) is 10.2 Å². The molecule has 3 aromatic carbocycles. The fraction of sp³-hybridized carbons (Fsp3) is 0.367. The first-order valence-electron chi connectivity index (χ1n) is 12.9. The second kappa shape index (κ2) is 11.6. The van der Waals surface area contributed by atoms with Crippen molar-refractivity contribution in [1.29, 1.82) is 0 Å². The summed E-state index contributed by atoms with van der Waals surface area (Å²) in [4.78, 5) is 17.8. The SMILES string of the molecule is Cc1cccc(Oc2ccc(C(=O)N[C@H](CN3CCN(c4cccc(O)c4)[C@@H](C)C3)C(C)C)c(O)c2)c1. The third-order valence-electron chi connectivity index (χ3n) is 6.89. The predicted octanol–water partition coefficient (Wildman–Crippen LogP) is 5.16. The topological polar surface area (TPSA) is 85.3 Å². The van der Waals surface area contributed by atoms with Crippen LogP contribution in [0.4, 0.5) is 5.69 Å². The first-order valence-corrected chi connectivity index (χ1v) is 12.9. The lowest BCUT2D eigenvalue weighted by Gasteiger charge is -2.42. The Morgan fingerprint density at radius 2 is 1.78 bits per heavy atom. The van der Waals surface area contributed by atoms with E-state index in [0.717, 1.165) is 37.4 Å². The molecule has 1 fully saturated rings. The molecular formula is C30H37N3O4. The maximum Gasteiger partial charge on any atom is 0.255 e. The molecule has 196 valence electrons. The molecule has 0 radical (unpaired) electrons. The van der Waals surface area contributed by atoms with Crippen LogP contribution in [-0.4, -0.2) is 59.3 Å². The number of hydrogen-bond donors (Lipinski definition) is 3. The highest BCUT2D eigenvalue weighted by atomic mass is 16.5. The Morgan fingerprint density at radius 3 is 2.46 bits per heavy atom. The number of nitrogens with one attached hydrogen (secondary N) is 1.